The lowest BCUT2D eigenvalue weighted by Gasteiger charge is -2.33. The molecule has 0 saturated carbocycles. The highest BCUT2D eigenvalue weighted by Gasteiger charge is 2.26. The molecule has 1 unspecified atom stereocenters. The van der Waals surface area contributed by atoms with Gasteiger partial charge in [-0.15, -0.1) is 11.3 Å². The first kappa shape index (κ1) is 14.7. The number of hydrogen-bond acceptors (Lipinski definition) is 6. The fourth-order valence-electron chi connectivity index (χ4n) is 2.92. The Labute approximate surface area is 138 Å². The second-order valence-electron chi connectivity index (χ2n) is 5.71. The van der Waals surface area contributed by atoms with Crippen LogP contribution in [0.25, 0.3) is 10.2 Å². The number of nitrogens with zero attached hydrogens (tertiary/aromatic N) is 3. The molecule has 0 N–H and O–H groups in total. The van der Waals surface area contributed by atoms with Crippen LogP contribution in [-0.2, 0) is 11.2 Å². The summed E-state index contributed by atoms with van der Waals surface area (Å²) in [6, 6.07) is 6.09. The van der Waals surface area contributed by atoms with Crippen LogP contribution in [0.3, 0.4) is 0 Å². The van der Waals surface area contributed by atoms with Crippen LogP contribution in [0, 0.1) is 6.92 Å². The first-order chi connectivity index (χ1) is 11.2. The smallest absolute Gasteiger partial charge is 0.141 e. The first-order valence-electron chi connectivity index (χ1n) is 7.91. The highest BCUT2D eigenvalue weighted by Crippen LogP contribution is 2.32. The molecule has 1 fully saturated rings. The van der Waals surface area contributed by atoms with Crippen molar-refractivity contribution < 1.29 is 9.15 Å². The van der Waals surface area contributed by atoms with Gasteiger partial charge in [-0.2, -0.15) is 0 Å². The summed E-state index contributed by atoms with van der Waals surface area (Å²) in [5, 5.41) is 3.21. The molecule has 120 valence electrons. The molecular weight excluding hydrogens is 310 g/mol. The Balaban J connectivity index is 1.68. The van der Waals surface area contributed by atoms with Crippen LogP contribution in [0.4, 0.5) is 5.82 Å². The van der Waals surface area contributed by atoms with Gasteiger partial charge in [0.15, 0.2) is 0 Å². The first-order valence-corrected chi connectivity index (χ1v) is 8.79. The predicted octanol–water partition coefficient (Wildman–Crippen LogP) is 3.73. The van der Waals surface area contributed by atoms with Gasteiger partial charge in [-0.25, -0.2) is 9.97 Å². The van der Waals surface area contributed by atoms with E-state index in [9.17, 15) is 0 Å². The Morgan fingerprint density at radius 2 is 2.22 bits per heavy atom. The molecule has 23 heavy (non-hydrogen) atoms. The van der Waals surface area contributed by atoms with E-state index in [-0.39, 0.29) is 6.10 Å². The summed E-state index contributed by atoms with van der Waals surface area (Å²) >= 11 is 1.67. The van der Waals surface area contributed by atoms with E-state index in [1.165, 1.54) is 0 Å². The Kier molecular flexibility index (Phi) is 3.79. The summed E-state index contributed by atoms with van der Waals surface area (Å²) < 4.78 is 11.6. The molecule has 0 aromatic carbocycles. The standard InChI is InChI=1S/C17H19N3O2S/c1-3-15-18-16(12-6-9-23-17(12)19-15)20-7-8-21-14(10-20)13-5-4-11(2)22-13/h4-6,9,14H,3,7-8,10H2,1-2H3. The molecular formula is C17H19N3O2S. The van der Waals surface area contributed by atoms with E-state index in [0.29, 0.717) is 6.61 Å². The fraction of sp³-hybridized carbons (Fsp3) is 0.412. The fourth-order valence-corrected chi connectivity index (χ4v) is 3.70. The molecule has 4 heterocycles. The molecule has 1 atom stereocenters. The zero-order valence-corrected chi connectivity index (χ0v) is 14.1. The lowest BCUT2D eigenvalue weighted by Crippen LogP contribution is -2.39. The predicted molar refractivity (Wildman–Crippen MR) is 91.1 cm³/mol. The van der Waals surface area contributed by atoms with Crippen LogP contribution in [-0.4, -0.2) is 29.7 Å². The van der Waals surface area contributed by atoms with Crippen molar-refractivity contribution in [1.82, 2.24) is 9.97 Å². The van der Waals surface area contributed by atoms with Crippen molar-refractivity contribution in [3.63, 3.8) is 0 Å². The number of furan rings is 1. The number of ether oxygens (including phenoxy) is 1. The lowest BCUT2D eigenvalue weighted by atomic mass is 10.2. The molecule has 3 aromatic rings. The highest BCUT2D eigenvalue weighted by molar-refractivity contribution is 7.16. The van der Waals surface area contributed by atoms with Crippen molar-refractivity contribution in [1.29, 1.82) is 0 Å². The Hall–Kier alpha value is -1.92. The van der Waals surface area contributed by atoms with Crippen molar-refractivity contribution in [3.8, 4) is 0 Å². The van der Waals surface area contributed by atoms with Gasteiger partial charge in [0.1, 0.15) is 34.1 Å². The van der Waals surface area contributed by atoms with Crippen LogP contribution < -0.4 is 4.90 Å². The monoisotopic (exact) mass is 329 g/mol. The number of anilines is 1. The van der Waals surface area contributed by atoms with Crippen molar-refractivity contribution >= 4 is 27.4 Å². The van der Waals surface area contributed by atoms with Crippen molar-refractivity contribution in [2.24, 2.45) is 0 Å². The van der Waals surface area contributed by atoms with E-state index < -0.39 is 0 Å². The van der Waals surface area contributed by atoms with Gasteiger partial charge in [-0.1, -0.05) is 6.92 Å². The topological polar surface area (TPSA) is 51.4 Å². The average Bonchev–Trinajstić information content (AvgIpc) is 3.22. The van der Waals surface area contributed by atoms with Crippen LogP contribution >= 0.6 is 11.3 Å². The van der Waals surface area contributed by atoms with Gasteiger partial charge in [-0.3, -0.25) is 0 Å². The molecule has 0 aliphatic carbocycles. The lowest BCUT2D eigenvalue weighted by molar-refractivity contribution is 0.0251. The van der Waals surface area contributed by atoms with Crippen molar-refractivity contribution in [2.75, 3.05) is 24.6 Å². The number of rotatable bonds is 3. The SMILES string of the molecule is CCc1nc(N2CCOC(c3ccc(C)o3)C2)c2ccsc2n1. The summed E-state index contributed by atoms with van der Waals surface area (Å²) in [4.78, 5) is 12.8. The van der Waals surface area contributed by atoms with E-state index in [1.54, 1.807) is 11.3 Å². The molecule has 5 nitrogen and oxygen atoms in total. The molecule has 1 aliphatic heterocycles. The van der Waals surface area contributed by atoms with Gasteiger partial charge >= 0.3 is 0 Å². The third-order valence-electron chi connectivity index (χ3n) is 4.11. The second kappa shape index (κ2) is 5.94. The number of thiophene rings is 1. The van der Waals surface area contributed by atoms with E-state index in [4.69, 9.17) is 14.1 Å². The highest BCUT2D eigenvalue weighted by atomic mass is 32.1. The minimum Gasteiger partial charge on any atom is -0.464 e. The van der Waals surface area contributed by atoms with Crippen LogP contribution in [0.15, 0.2) is 28.0 Å². The zero-order valence-electron chi connectivity index (χ0n) is 13.3. The molecule has 1 aliphatic rings. The third-order valence-corrected chi connectivity index (χ3v) is 4.92. The molecule has 4 rings (SSSR count). The maximum atomic E-state index is 5.90. The van der Waals surface area contributed by atoms with Crippen LogP contribution in [0.5, 0.6) is 0 Å². The van der Waals surface area contributed by atoms with Crippen LogP contribution in [0.2, 0.25) is 0 Å². The number of hydrogen-bond donors (Lipinski definition) is 0. The van der Waals surface area contributed by atoms with Gasteiger partial charge in [0.2, 0.25) is 0 Å². The normalized spacial score (nSPS) is 18.7. The Morgan fingerprint density at radius 3 is 3.00 bits per heavy atom. The summed E-state index contributed by atoms with van der Waals surface area (Å²) in [6.07, 6.45) is 0.789. The molecule has 0 amide bonds. The van der Waals surface area contributed by atoms with Gasteiger partial charge in [-0.05, 0) is 30.5 Å². The minimum absolute atomic E-state index is 0.0498. The molecule has 0 bridgehead atoms. The minimum atomic E-state index is -0.0498. The second-order valence-corrected chi connectivity index (χ2v) is 6.60. The zero-order chi connectivity index (χ0) is 15.8. The van der Waals surface area contributed by atoms with Crippen molar-refractivity contribution in [2.45, 2.75) is 26.4 Å². The molecule has 3 aromatic heterocycles. The Bertz CT molecular complexity index is 826. The van der Waals surface area contributed by atoms with E-state index in [2.05, 4.69) is 28.3 Å². The number of fused-ring (bicyclic) bond motifs is 1. The summed E-state index contributed by atoms with van der Waals surface area (Å²) in [5.74, 6) is 3.71. The maximum Gasteiger partial charge on any atom is 0.141 e. The van der Waals surface area contributed by atoms with Gasteiger partial charge in [0.25, 0.3) is 0 Å². The number of morpholine rings is 1. The molecule has 0 radical (unpaired) electrons. The van der Waals surface area contributed by atoms with E-state index >= 15 is 0 Å². The van der Waals surface area contributed by atoms with Crippen molar-refractivity contribution in [3.05, 3.63) is 40.9 Å². The molecule has 6 heteroatoms. The Morgan fingerprint density at radius 1 is 1.30 bits per heavy atom. The number of aryl methyl sites for hydroxylation is 2. The largest absolute Gasteiger partial charge is 0.464 e. The van der Waals surface area contributed by atoms with E-state index in [1.807, 2.05) is 19.1 Å². The summed E-state index contributed by atoms with van der Waals surface area (Å²) in [5.41, 5.74) is 0. The average molecular weight is 329 g/mol. The summed E-state index contributed by atoms with van der Waals surface area (Å²) in [6.45, 7) is 6.30. The molecule has 1 saturated heterocycles. The van der Waals surface area contributed by atoms with Gasteiger partial charge in [0, 0.05) is 13.0 Å². The summed E-state index contributed by atoms with van der Waals surface area (Å²) in [7, 11) is 0. The van der Waals surface area contributed by atoms with Crippen LogP contribution in [0.1, 0.15) is 30.4 Å². The number of aromatic nitrogens is 2. The van der Waals surface area contributed by atoms with Gasteiger partial charge < -0.3 is 14.1 Å². The maximum absolute atomic E-state index is 5.90. The quantitative estimate of drug-likeness (QED) is 0.733. The van der Waals surface area contributed by atoms with E-state index in [0.717, 1.165) is 52.9 Å². The third kappa shape index (κ3) is 2.72. The molecule has 0 spiro atoms. The van der Waals surface area contributed by atoms with Gasteiger partial charge in [0.05, 0.1) is 18.5 Å².